The summed E-state index contributed by atoms with van der Waals surface area (Å²) in [6.45, 7) is 1.31. The number of nitrogens with one attached hydrogen (secondary N) is 3. The number of benzene rings is 1. The lowest BCUT2D eigenvalue weighted by molar-refractivity contribution is -0.144. The molecule has 1 aromatic rings. The minimum atomic E-state index is -1.66. The number of carbonyl (C=O) groups is 5. The molecule has 0 bridgehead atoms. The molecule has 0 aromatic heterocycles. The van der Waals surface area contributed by atoms with Crippen LogP contribution in [0.4, 0.5) is 0 Å². The molecule has 0 radical (unpaired) electrons. The fourth-order valence-corrected chi connectivity index (χ4v) is 3.35. The molecule has 1 rings (SSSR count). The summed E-state index contributed by atoms with van der Waals surface area (Å²) in [5.74, 6) is -5.36. The van der Waals surface area contributed by atoms with E-state index in [1.165, 1.54) is 19.1 Å². The molecular weight excluding hydrogens is 516 g/mol. The van der Waals surface area contributed by atoms with E-state index >= 15 is 0 Å². The van der Waals surface area contributed by atoms with Gasteiger partial charge in [0.25, 0.3) is 0 Å². The molecule has 0 aliphatic carbocycles. The first kappa shape index (κ1) is 32.6. The molecule has 5 unspecified atom stereocenters. The summed E-state index contributed by atoms with van der Waals surface area (Å²) in [6.07, 6.45) is -1.94. The molecule has 216 valence electrons. The molecule has 0 heterocycles. The van der Waals surface area contributed by atoms with Crippen molar-refractivity contribution in [2.75, 3.05) is 6.54 Å². The standard InChI is InChI=1S/C23H36N8O8/c1-11(32)18(31-19(35)14(24)9-12-4-6-13(33)7-5-12)21(37)29-15(3-2-8-28-23(26)27)20(36)30-16(22(38)39)10-17(25)34/h4-7,11,14-16,18,32-33H,2-3,8-10,24H2,1H3,(H2,25,34)(H,29,37)(H,30,36)(H,31,35)(H,38,39)(H4,26,27,28). The maximum Gasteiger partial charge on any atom is 0.326 e. The molecule has 0 fully saturated rings. The molecular formula is C23H36N8O8. The number of guanidine groups is 1. The minimum Gasteiger partial charge on any atom is -0.508 e. The van der Waals surface area contributed by atoms with Crippen LogP contribution in [0.2, 0.25) is 0 Å². The number of carboxylic acids is 1. The molecule has 0 aliphatic heterocycles. The highest BCUT2D eigenvalue weighted by Crippen LogP contribution is 2.11. The summed E-state index contributed by atoms with van der Waals surface area (Å²) in [7, 11) is 0. The number of rotatable bonds is 16. The van der Waals surface area contributed by atoms with Crippen molar-refractivity contribution in [2.45, 2.75) is 62.9 Å². The zero-order chi connectivity index (χ0) is 29.7. The lowest BCUT2D eigenvalue weighted by atomic mass is 10.0. The number of carboxylic acid groups (broad SMARTS) is 1. The summed E-state index contributed by atoms with van der Waals surface area (Å²) in [5.41, 5.74) is 22.2. The number of nitrogens with zero attached hydrogens (tertiary/aromatic N) is 1. The van der Waals surface area contributed by atoms with Crippen LogP contribution in [0.25, 0.3) is 0 Å². The summed E-state index contributed by atoms with van der Waals surface area (Å²) in [5, 5.41) is 35.7. The van der Waals surface area contributed by atoms with Crippen molar-refractivity contribution in [3.05, 3.63) is 29.8 Å². The first-order valence-corrected chi connectivity index (χ1v) is 11.9. The van der Waals surface area contributed by atoms with Gasteiger partial charge in [-0.1, -0.05) is 12.1 Å². The number of aliphatic hydroxyl groups excluding tert-OH is 1. The molecule has 5 atom stereocenters. The first-order chi connectivity index (χ1) is 18.2. The van der Waals surface area contributed by atoms with Crippen molar-refractivity contribution in [1.82, 2.24) is 16.0 Å². The quantitative estimate of drug-likeness (QED) is 0.0537. The molecule has 1 aromatic carbocycles. The largest absolute Gasteiger partial charge is 0.508 e. The van der Waals surface area contributed by atoms with E-state index in [9.17, 15) is 39.3 Å². The van der Waals surface area contributed by atoms with Crippen LogP contribution < -0.4 is 38.9 Å². The predicted octanol–water partition coefficient (Wildman–Crippen LogP) is -3.89. The Morgan fingerprint density at radius 1 is 0.923 bits per heavy atom. The van der Waals surface area contributed by atoms with E-state index in [4.69, 9.17) is 22.9 Å². The smallest absolute Gasteiger partial charge is 0.326 e. The highest BCUT2D eigenvalue weighted by Gasteiger charge is 2.32. The molecule has 0 spiro atoms. The van der Waals surface area contributed by atoms with Crippen LogP contribution in [0.3, 0.4) is 0 Å². The van der Waals surface area contributed by atoms with Crippen molar-refractivity contribution in [3.63, 3.8) is 0 Å². The Hall–Kier alpha value is -4.44. The highest BCUT2D eigenvalue weighted by molar-refractivity contribution is 5.95. The number of aromatic hydroxyl groups is 1. The number of phenolic OH excluding ortho intramolecular Hbond substituents is 1. The molecule has 14 N–H and O–H groups in total. The summed E-state index contributed by atoms with van der Waals surface area (Å²) in [4.78, 5) is 64.9. The van der Waals surface area contributed by atoms with Crippen molar-refractivity contribution < 1.29 is 39.3 Å². The number of aliphatic hydroxyl groups is 1. The molecule has 4 amide bonds. The van der Waals surface area contributed by atoms with Crippen molar-refractivity contribution in [3.8, 4) is 5.75 Å². The average molecular weight is 553 g/mol. The molecule has 16 heteroatoms. The van der Waals surface area contributed by atoms with E-state index in [0.29, 0.717) is 5.56 Å². The van der Waals surface area contributed by atoms with Crippen LogP contribution in [-0.2, 0) is 30.4 Å². The third-order valence-electron chi connectivity index (χ3n) is 5.39. The van der Waals surface area contributed by atoms with Gasteiger partial charge in [-0.25, -0.2) is 4.79 Å². The van der Waals surface area contributed by atoms with Gasteiger partial charge in [-0.2, -0.15) is 0 Å². The van der Waals surface area contributed by atoms with E-state index in [1.807, 2.05) is 0 Å². The van der Waals surface area contributed by atoms with Crippen LogP contribution in [-0.4, -0.2) is 87.7 Å². The van der Waals surface area contributed by atoms with Gasteiger partial charge in [0.05, 0.1) is 18.6 Å². The van der Waals surface area contributed by atoms with E-state index < -0.39 is 66.3 Å². The zero-order valence-electron chi connectivity index (χ0n) is 21.4. The summed E-state index contributed by atoms with van der Waals surface area (Å²) in [6, 6.07) is 0.309. The molecule has 0 saturated heterocycles. The summed E-state index contributed by atoms with van der Waals surface area (Å²) < 4.78 is 0. The fraction of sp³-hybridized carbons (Fsp3) is 0.478. The molecule has 39 heavy (non-hydrogen) atoms. The topological polar surface area (TPSA) is 299 Å². The second-order valence-electron chi connectivity index (χ2n) is 8.78. The number of phenols is 1. The number of hydrogen-bond acceptors (Lipinski definition) is 9. The van der Waals surface area contributed by atoms with Crippen LogP contribution in [0.5, 0.6) is 5.75 Å². The van der Waals surface area contributed by atoms with Gasteiger partial charge in [0, 0.05) is 6.54 Å². The first-order valence-electron chi connectivity index (χ1n) is 11.9. The Bertz CT molecular complexity index is 1040. The van der Waals surface area contributed by atoms with Crippen molar-refractivity contribution >= 4 is 35.6 Å². The maximum absolute atomic E-state index is 13.0. The Kier molecular flexibility index (Phi) is 13.1. The van der Waals surface area contributed by atoms with Crippen LogP contribution in [0, 0.1) is 0 Å². The van der Waals surface area contributed by atoms with Gasteiger partial charge in [-0.05, 0) is 43.9 Å². The van der Waals surface area contributed by atoms with Crippen molar-refractivity contribution in [2.24, 2.45) is 27.9 Å². The van der Waals surface area contributed by atoms with E-state index in [1.54, 1.807) is 12.1 Å². The number of carbonyl (C=O) groups excluding carboxylic acids is 4. The monoisotopic (exact) mass is 552 g/mol. The summed E-state index contributed by atoms with van der Waals surface area (Å²) >= 11 is 0. The van der Waals surface area contributed by atoms with Gasteiger partial charge in [0.1, 0.15) is 23.9 Å². The van der Waals surface area contributed by atoms with Crippen molar-refractivity contribution in [1.29, 1.82) is 0 Å². The maximum atomic E-state index is 13.0. The number of hydrogen-bond donors (Lipinski definition) is 10. The van der Waals surface area contributed by atoms with E-state index in [-0.39, 0.29) is 37.5 Å². The number of aliphatic carboxylic acids is 1. The minimum absolute atomic E-state index is 0.0313. The Labute approximate surface area is 224 Å². The van der Waals surface area contributed by atoms with E-state index in [0.717, 1.165) is 0 Å². The van der Waals surface area contributed by atoms with Gasteiger partial charge in [0.2, 0.25) is 23.6 Å². The number of nitrogens with two attached hydrogens (primary N) is 4. The SMILES string of the molecule is CC(O)C(NC(=O)C(N)Cc1ccc(O)cc1)C(=O)NC(CCCN=C(N)N)C(=O)NC(CC(N)=O)C(=O)O. The van der Waals surface area contributed by atoms with Crippen LogP contribution in [0.1, 0.15) is 31.7 Å². The van der Waals surface area contributed by atoms with Gasteiger partial charge >= 0.3 is 5.97 Å². The third-order valence-corrected chi connectivity index (χ3v) is 5.39. The second kappa shape index (κ2) is 15.7. The number of primary amides is 1. The average Bonchev–Trinajstić information content (AvgIpc) is 2.84. The third kappa shape index (κ3) is 12.1. The molecule has 0 saturated carbocycles. The lowest BCUT2D eigenvalue weighted by Crippen LogP contribution is -2.60. The highest BCUT2D eigenvalue weighted by atomic mass is 16.4. The second-order valence-corrected chi connectivity index (χ2v) is 8.78. The molecule has 16 nitrogen and oxygen atoms in total. The normalized spacial score (nSPS) is 14.5. The van der Waals surface area contributed by atoms with Gasteiger partial charge < -0.3 is 54.2 Å². The van der Waals surface area contributed by atoms with Gasteiger partial charge in [-0.15, -0.1) is 0 Å². The Morgan fingerprint density at radius 3 is 2.03 bits per heavy atom. The Balaban J connectivity index is 2.99. The molecule has 0 aliphatic rings. The Morgan fingerprint density at radius 2 is 1.51 bits per heavy atom. The van der Waals surface area contributed by atoms with Gasteiger partial charge in [0.15, 0.2) is 5.96 Å². The van der Waals surface area contributed by atoms with E-state index in [2.05, 4.69) is 20.9 Å². The predicted molar refractivity (Wildman–Crippen MR) is 139 cm³/mol. The number of amides is 4. The van der Waals surface area contributed by atoms with Gasteiger partial charge in [-0.3, -0.25) is 24.2 Å². The van der Waals surface area contributed by atoms with Crippen LogP contribution in [0.15, 0.2) is 29.3 Å². The van der Waals surface area contributed by atoms with Crippen LogP contribution >= 0.6 is 0 Å². The fourth-order valence-electron chi connectivity index (χ4n) is 3.35. The zero-order valence-corrected chi connectivity index (χ0v) is 21.4. The number of aliphatic imine (C=N–C) groups is 1. The lowest BCUT2D eigenvalue weighted by Gasteiger charge is -2.26.